The predicted octanol–water partition coefficient (Wildman–Crippen LogP) is 6.44. The van der Waals surface area contributed by atoms with Crippen LogP contribution >= 0.6 is 23.2 Å². The molecule has 5 atom stereocenters. The maximum atomic E-state index is 15.9. The normalized spacial score (nSPS) is 26.6. The molecular weight excluding hydrogens is 649 g/mol. The maximum absolute atomic E-state index is 15.9. The number of halogens is 4. The average molecular weight is 688 g/mol. The minimum Gasteiger partial charge on any atom is -0.348 e. The third-order valence-electron chi connectivity index (χ3n) is 8.42. The topological polar surface area (TPSA) is 115 Å². The Bertz CT molecular complexity index is 1580. The van der Waals surface area contributed by atoms with Gasteiger partial charge in [-0.1, -0.05) is 55.2 Å². The fourth-order valence-electron chi connectivity index (χ4n) is 6.44. The fourth-order valence-corrected chi connectivity index (χ4v) is 7.31. The summed E-state index contributed by atoms with van der Waals surface area (Å²) in [6.07, 6.45) is 1.81. The first kappa shape index (κ1) is 35.7. The van der Waals surface area contributed by atoms with Crippen LogP contribution in [0, 0.1) is 28.4 Å². The molecule has 2 fully saturated rings. The van der Waals surface area contributed by atoms with Crippen LogP contribution in [0.2, 0.25) is 10.0 Å². The summed E-state index contributed by atoms with van der Waals surface area (Å²) in [5, 5.41) is 14.2. The number of carbonyl (C=O) groups excluding carboxylic acids is 1. The van der Waals surface area contributed by atoms with Crippen LogP contribution in [0.3, 0.4) is 0 Å². The average Bonchev–Trinajstić information content (AvgIpc) is 3.45. The zero-order valence-electron chi connectivity index (χ0n) is 25.8. The van der Waals surface area contributed by atoms with Crippen LogP contribution in [0.1, 0.15) is 70.4 Å². The Labute approximate surface area is 273 Å². The van der Waals surface area contributed by atoms with Crippen LogP contribution < -0.4 is 5.32 Å². The summed E-state index contributed by atoms with van der Waals surface area (Å²) in [5.41, 5.74) is -2.85. The number of hydrogen-bond donors (Lipinski definition) is 1. The Hall–Kier alpha value is -2.17. The molecule has 246 valence electrons. The number of carbonyl (C=O) groups is 1. The summed E-state index contributed by atoms with van der Waals surface area (Å²) in [7, 11) is -3.80. The molecule has 0 unspecified atom stereocenters. The molecule has 0 spiro atoms. The summed E-state index contributed by atoms with van der Waals surface area (Å²) < 4.78 is 72.0. The van der Waals surface area contributed by atoms with Crippen LogP contribution in [0.4, 0.5) is 8.78 Å². The highest BCUT2D eigenvalue weighted by atomic mass is 35.5. The summed E-state index contributed by atoms with van der Waals surface area (Å²) in [4.78, 5) is 14.1. The van der Waals surface area contributed by atoms with Crippen LogP contribution in [-0.4, -0.2) is 57.6 Å². The second kappa shape index (κ2) is 13.5. The Morgan fingerprint density at radius 1 is 1.22 bits per heavy atom. The van der Waals surface area contributed by atoms with E-state index in [1.165, 1.54) is 30.3 Å². The Morgan fingerprint density at radius 2 is 1.93 bits per heavy atom. The van der Waals surface area contributed by atoms with Crippen molar-refractivity contribution >= 4 is 39.1 Å². The van der Waals surface area contributed by atoms with Crippen molar-refractivity contribution in [1.29, 1.82) is 5.26 Å². The van der Waals surface area contributed by atoms with Crippen molar-refractivity contribution in [2.24, 2.45) is 5.41 Å². The highest BCUT2D eigenvalue weighted by Gasteiger charge is 2.61. The van der Waals surface area contributed by atoms with Crippen LogP contribution in [0.15, 0.2) is 36.4 Å². The van der Waals surface area contributed by atoms with Crippen LogP contribution in [0.25, 0.3) is 0 Å². The smallest absolute Gasteiger partial charge is 0.264 e. The van der Waals surface area contributed by atoms with Gasteiger partial charge in [0.15, 0.2) is 5.79 Å². The lowest BCUT2D eigenvalue weighted by Crippen LogP contribution is -2.46. The summed E-state index contributed by atoms with van der Waals surface area (Å²) in [6.45, 7) is 7.23. The van der Waals surface area contributed by atoms with Gasteiger partial charge in [0.2, 0.25) is 0 Å². The Balaban J connectivity index is 1.80. The van der Waals surface area contributed by atoms with E-state index in [-0.39, 0.29) is 52.5 Å². The number of rotatable bonds is 12. The third kappa shape index (κ3) is 8.04. The van der Waals surface area contributed by atoms with Crippen molar-refractivity contribution in [3.63, 3.8) is 0 Å². The Kier molecular flexibility index (Phi) is 10.7. The minimum atomic E-state index is -3.80. The molecule has 4 rings (SSSR count). The van der Waals surface area contributed by atoms with Gasteiger partial charge in [0.25, 0.3) is 10.1 Å². The van der Waals surface area contributed by atoms with Crippen molar-refractivity contribution < 1.29 is 35.6 Å². The van der Waals surface area contributed by atoms with E-state index >= 15 is 8.78 Å². The molecule has 0 saturated carbocycles. The molecular formula is C32H38Cl2F2N2O6S. The van der Waals surface area contributed by atoms with Gasteiger partial charge in [-0.3, -0.25) is 8.98 Å². The van der Waals surface area contributed by atoms with Crippen LogP contribution in [-0.2, 0) is 34.0 Å². The van der Waals surface area contributed by atoms with E-state index in [0.29, 0.717) is 19.4 Å². The molecule has 0 amide bonds. The molecule has 0 aliphatic carbocycles. The van der Waals surface area contributed by atoms with E-state index in [9.17, 15) is 18.5 Å². The fraction of sp³-hybridized carbons (Fsp3) is 0.562. The van der Waals surface area contributed by atoms with E-state index in [4.69, 9.17) is 36.9 Å². The summed E-state index contributed by atoms with van der Waals surface area (Å²) in [6, 6.07) is 8.38. The quantitative estimate of drug-likeness (QED) is 0.254. The molecule has 2 saturated heterocycles. The molecule has 2 aromatic carbocycles. The van der Waals surface area contributed by atoms with Gasteiger partial charge in [-0.05, 0) is 62.3 Å². The summed E-state index contributed by atoms with van der Waals surface area (Å²) in [5.74, 6) is -3.86. The zero-order valence-corrected chi connectivity index (χ0v) is 28.2. The van der Waals surface area contributed by atoms with E-state index in [0.717, 1.165) is 12.3 Å². The van der Waals surface area contributed by atoms with Gasteiger partial charge >= 0.3 is 0 Å². The lowest BCUT2D eigenvalue weighted by Gasteiger charge is -2.38. The van der Waals surface area contributed by atoms with E-state index < -0.39 is 56.4 Å². The SMILES string of the molecule is CC(C)(COS(C)(=O)=O)C[C@@H]1N[C@@H](C(=O)CCC[C@H]2COC(C)(C)O2)[C@H](c2cccc(Cl)c2F)[C@@]1(C#N)c1ccc(Cl)cc1F. The van der Waals surface area contributed by atoms with Crippen molar-refractivity contribution in [2.75, 3.05) is 19.5 Å². The molecule has 2 aromatic rings. The number of nitrogens with zero attached hydrogens (tertiary/aromatic N) is 1. The highest BCUT2D eigenvalue weighted by Crippen LogP contribution is 2.53. The van der Waals surface area contributed by atoms with Crippen LogP contribution in [0.5, 0.6) is 0 Å². The van der Waals surface area contributed by atoms with E-state index in [1.54, 1.807) is 13.8 Å². The molecule has 8 nitrogen and oxygen atoms in total. The number of nitrogens with one attached hydrogen (secondary N) is 1. The predicted molar refractivity (Wildman–Crippen MR) is 167 cm³/mol. The molecule has 1 N–H and O–H groups in total. The van der Waals surface area contributed by atoms with Crippen molar-refractivity contribution in [3.8, 4) is 6.07 Å². The third-order valence-corrected chi connectivity index (χ3v) is 9.49. The summed E-state index contributed by atoms with van der Waals surface area (Å²) >= 11 is 12.3. The largest absolute Gasteiger partial charge is 0.348 e. The van der Waals surface area contributed by atoms with E-state index in [1.807, 2.05) is 13.8 Å². The molecule has 0 radical (unpaired) electrons. The van der Waals surface area contributed by atoms with Crippen molar-refractivity contribution in [3.05, 3.63) is 69.2 Å². The zero-order chi connectivity index (χ0) is 33.4. The van der Waals surface area contributed by atoms with Crippen molar-refractivity contribution in [2.45, 2.75) is 88.7 Å². The molecule has 0 aromatic heterocycles. The maximum Gasteiger partial charge on any atom is 0.264 e. The number of ether oxygens (including phenoxy) is 2. The van der Waals surface area contributed by atoms with Crippen molar-refractivity contribution in [1.82, 2.24) is 5.32 Å². The first-order chi connectivity index (χ1) is 20.9. The van der Waals surface area contributed by atoms with Gasteiger partial charge in [-0.15, -0.1) is 0 Å². The minimum absolute atomic E-state index is 0.0220. The highest BCUT2D eigenvalue weighted by molar-refractivity contribution is 7.85. The Morgan fingerprint density at radius 3 is 2.53 bits per heavy atom. The molecule has 2 aliphatic rings. The standard InChI is InChI=1S/C32H38Cl2F2N2O6S/c1-30(2,18-43-45(5,40)41)15-26-32(17-37,22-13-12-19(33)14-24(22)35)27(21-9-7-10-23(34)28(21)36)29(38-26)25(39)11-6-8-20-16-42-31(3,4)44-20/h7,9-10,12-14,20,26-27,29,38H,6,8,11,15-16,18H2,1-5H3/t20-,26-,27-,29-,32-/m0/s1. The lowest BCUT2D eigenvalue weighted by atomic mass is 9.62. The van der Waals surface area contributed by atoms with Gasteiger partial charge in [0.05, 0.1) is 42.7 Å². The number of nitriles is 1. The van der Waals surface area contributed by atoms with Gasteiger partial charge in [0, 0.05) is 29.0 Å². The monoisotopic (exact) mass is 686 g/mol. The lowest BCUT2D eigenvalue weighted by molar-refractivity contribution is -0.139. The van der Waals surface area contributed by atoms with E-state index in [2.05, 4.69) is 11.4 Å². The number of hydrogen-bond acceptors (Lipinski definition) is 8. The van der Waals surface area contributed by atoms with Gasteiger partial charge < -0.3 is 14.8 Å². The molecule has 0 bridgehead atoms. The molecule has 13 heteroatoms. The molecule has 2 heterocycles. The van der Waals surface area contributed by atoms with Gasteiger partial charge in [-0.25, -0.2) is 8.78 Å². The van der Waals surface area contributed by atoms with Gasteiger partial charge in [-0.2, -0.15) is 13.7 Å². The molecule has 2 aliphatic heterocycles. The number of ketones is 1. The van der Waals surface area contributed by atoms with Gasteiger partial charge in [0.1, 0.15) is 22.8 Å². The first-order valence-corrected chi connectivity index (χ1v) is 17.2. The number of Topliss-reactive ketones (excluding diaryl/α,β-unsaturated/α-hetero) is 1. The second-order valence-electron chi connectivity index (χ2n) is 13.1. The second-order valence-corrected chi connectivity index (χ2v) is 15.6. The number of benzene rings is 2. The molecule has 45 heavy (non-hydrogen) atoms. The first-order valence-electron chi connectivity index (χ1n) is 14.6.